The maximum absolute atomic E-state index is 12.7. The van der Waals surface area contributed by atoms with Crippen LogP contribution in [0.5, 0.6) is 11.6 Å². The van der Waals surface area contributed by atoms with Gasteiger partial charge in [0.1, 0.15) is 11.4 Å². The first-order chi connectivity index (χ1) is 13.7. The molecule has 0 radical (unpaired) electrons. The van der Waals surface area contributed by atoms with Gasteiger partial charge in [0.25, 0.3) is 10.0 Å². The van der Waals surface area contributed by atoms with E-state index in [9.17, 15) is 13.2 Å². The maximum atomic E-state index is 12.7. The van der Waals surface area contributed by atoms with E-state index in [2.05, 4.69) is 9.71 Å². The molecule has 0 atom stereocenters. The van der Waals surface area contributed by atoms with Gasteiger partial charge in [0.15, 0.2) is 0 Å². The molecule has 0 aliphatic heterocycles. The average molecular weight is 474 g/mol. The Labute approximate surface area is 180 Å². The molecule has 0 saturated heterocycles. The summed E-state index contributed by atoms with van der Waals surface area (Å²) in [4.78, 5) is 15.0. The van der Waals surface area contributed by atoms with Gasteiger partial charge in [-0.15, -0.1) is 0 Å². The Bertz CT molecular complexity index is 1200. The van der Waals surface area contributed by atoms with E-state index in [-0.39, 0.29) is 42.8 Å². The van der Waals surface area contributed by atoms with Gasteiger partial charge >= 0.3 is 5.97 Å². The lowest BCUT2D eigenvalue weighted by atomic mass is 10.2. The number of benzene rings is 2. The zero-order chi connectivity index (χ0) is 21.2. The molecule has 7 nitrogen and oxygen atoms in total. The summed E-state index contributed by atoms with van der Waals surface area (Å²) in [5.74, 6) is -1.12. The van der Waals surface area contributed by atoms with Crippen LogP contribution >= 0.6 is 34.8 Å². The van der Waals surface area contributed by atoms with Crippen LogP contribution in [0.4, 0.5) is 5.69 Å². The zero-order valence-corrected chi connectivity index (χ0v) is 17.3. The van der Waals surface area contributed by atoms with Crippen LogP contribution in [0.25, 0.3) is 0 Å². The van der Waals surface area contributed by atoms with E-state index >= 15 is 0 Å². The van der Waals surface area contributed by atoms with Crippen molar-refractivity contribution >= 4 is 56.5 Å². The van der Waals surface area contributed by atoms with Gasteiger partial charge in [0.05, 0.1) is 25.5 Å². The fourth-order valence-corrected chi connectivity index (χ4v) is 3.83. The highest BCUT2D eigenvalue weighted by atomic mass is 35.5. The normalized spacial score (nSPS) is 11.1. The second kappa shape index (κ2) is 8.46. The van der Waals surface area contributed by atoms with Crippen LogP contribution in [-0.2, 0) is 10.0 Å². The third kappa shape index (κ3) is 5.10. The lowest BCUT2D eigenvalue weighted by molar-refractivity contribution is 0.0696. The van der Waals surface area contributed by atoms with Gasteiger partial charge in [-0.05, 0) is 42.5 Å². The Morgan fingerprint density at radius 3 is 2.48 bits per heavy atom. The second-order valence-corrected chi connectivity index (χ2v) is 8.56. The lowest BCUT2D eigenvalue weighted by Gasteiger charge is -2.13. The molecule has 2 aromatic carbocycles. The fourth-order valence-electron chi connectivity index (χ4n) is 2.23. The van der Waals surface area contributed by atoms with E-state index in [0.717, 1.165) is 0 Å². The summed E-state index contributed by atoms with van der Waals surface area (Å²) < 4.78 is 33.3. The minimum Gasteiger partial charge on any atom is -0.478 e. The summed E-state index contributed by atoms with van der Waals surface area (Å²) in [6, 6.07) is 10.8. The predicted molar refractivity (Wildman–Crippen MR) is 110 cm³/mol. The van der Waals surface area contributed by atoms with E-state index < -0.39 is 16.0 Å². The second-order valence-electron chi connectivity index (χ2n) is 5.62. The Morgan fingerprint density at radius 2 is 1.79 bits per heavy atom. The smallest absolute Gasteiger partial charge is 0.335 e. The first-order valence-electron chi connectivity index (χ1n) is 7.80. The van der Waals surface area contributed by atoms with Gasteiger partial charge in [0, 0.05) is 6.20 Å². The molecule has 0 spiro atoms. The molecule has 3 aromatic rings. The number of halogens is 3. The van der Waals surface area contributed by atoms with E-state index in [1.807, 2.05) is 0 Å². The quantitative estimate of drug-likeness (QED) is 0.501. The number of hydrogen-bond donors (Lipinski definition) is 2. The summed E-state index contributed by atoms with van der Waals surface area (Å²) in [6.45, 7) is 0. The summed E-state index contributed by atoms with van der Waals surface area (Å²) >= 11 is 17.7. The summed E-state index contributed by atoms with van der Waals surface area (Å²) in [5, 5.41) is 9.52. The molecule has 2 N–H and O–H groups in total. The molecular weight excluding hydrogens is 463 g/mol. The monoisotopic (exact) mass is 472 g/mol. The lowest BCUT2D eigenvalue weighted by Crippen LogP contribution is -2.14. The number of carboxylic acids is 1. The number of aromatic carboxylic acids is 1. The third-order valence-electron chi connectivity index (χ3n) is 3.56. The number of carbonyl (C=O) groups is 1. The number of anilines is 1. The molecule has 29 heavy (non-hydrogen) atoms. The fraction of sp³-hybridized carbons (Fsp3) is 0. The van der Waals surface area contributed by atoms with Crippen LogP contribution < -0.4 is 9.46 Å². The molecular formula is C18H11Cl3N2O5S. The number of aromatic nitrogens is 1. The van der Waals surface area contributed by atoms with Crippen LogP contribution in [0.1, 0.15) is 10.4 Å². The molecule has 1 aromatic heterocycles. The molecule has 0 aliphatic carbocycles. The van der Waals surface area contributed by atoms with Crippen LogP contribution in [-0.4, -0.2) is 24.5 Å². The molecule has 0 aliphatic rings. The van der Waals surface area contributed by atoms with Crippen molar-refractivity contribution in [2.24, 2.45) is 0 Å². The van der Waals surface area contributed by atoms with Gasteiger partial charge in [-0.2, -0.15) is 0 Å². The van der Waals surface area contributed by atoms with E-state index in [4.69, 9.17) is 44.6 Å². The van der Waals surface area contributed by atoms with E-state index in [1.165, 1.54) is 54.7 Å². The number of nitrogens with one attached hydrogen (secondary N) is 1. The number of hydrogen-bond acceptors (Lipinski definition) is 5. The van der Waals surface area contributed by atoms with Crippen molar-refractivity contribution in [1.29, 1.82) is 0 Å². The number of pyridine rings is 1. The van der Waals surface area contributed by atoms with Gasteiger partial charge < -0.3 is 9.84 Å². The number of carboxylic acid groups (broad SMARTS) is 1. The maximum Gasteiger partial charge on any atom is 0.335 e. The molecule has 150 valence electrons. The standard InChI is InChI=1S/C18H11Cl3N2O5S/c19-11-7-16(23-29(26,27)13-4-5-14(20)15(21)8-13)17(22-9-11)28-12-3-1-2-10(6-12)18(24)25/h1-9,23H,(H,24,25). The van der Waals surface area contributed by atoms with Crippen LogP contribution in [0.3, 0.4) is 0 Å². The van der Waals surface area contributed by atoms with Crippen LogP contribution in [0.15, 0.2) is 59.6 Å². The van der Waals surface area contributed by atoms with Crippen molar-refractivity contribution < 1.29 is 23.1 Å². The van der Waals surface area contributed by atoms with Crippen molar-refractivity contribution in [2.75, 3.05) is 4.72 Å². The average Bonchev–Trinajstić information content (AvgIpc) is 2.66. The molecule has 0 amide bonds. The van der Waals surface area contributed by atoms with Gasteiger partial charge in [-0.25, -0.2) is 18.2 Å². The van der Waals surface area contributed by atoms with Crippen molar-refractivity contribution in [1.82, 2.24) is 4.98 Å². The molecule has 0 unspecified atom stereocenters. The van der Waals surface area contributed by atoms with Crippen molar-refractivity contribution in [3.63, 3.8) is 0 Å². The largest absolute Gasteiger partial charge is 0.478 e. The Hall–Kier alpha value is -2.52. The van der Waals surface area contributed by atoms with E-state index in [0.29, 0.717) is 0 Å². The minimum absolute atomic E-state index is 0.00518. The highest BCUT2D eigenvalue weighted by molar-refractivity contribution is 7.92. The van der Waals surface area contributed by atoms with Gasteiger partial charge in [-0.3, -0.25) is 4.72 Å². The summed E-state index contributed by atoms with van der Waals surface area (Å²) in [7, 11) is -4.07. The summed E-state index contributed by atoms with van der Waals surface area (Å²) in [6.07, 6.45) is 1.26. The number of sulfonamides is 1. The molecule has 3 rings (SSSR count). The summed E-state index contributed by atoms with van der Waals surface area (Å²) in [5.41, 5.74) is -0.0568. The molecule has 1 heterocycles. The topological polar surface area (TPSA) is 106 Å². The Balaban J connectivity index is 1.95. The molecule has 0 saturated carbocycles. The van der Waals surface area contributed by atoms with Crippen molar-refractivity contribution in [2.45, 2.75) is 4.90 Å². The Kier molecular flexibility index (Phi) is 6.18. The Morgan fingerprint density at radius 1 is 1.03 bits per heavy atom. The highest BCUT2D eigenvalue weighted by Crippen LogP contribution is 2.32. The predicted octanol–water partition coefficient (Wildman–Crippen LogP) is 5.33. The first kappa shape index (κ1) is 21.2. The molecule has 0 bridgehead atoms. The molecule has 0 fully saturated rings. The van der Waals surface area contributed by atoms with Crippen molar-refractivity contribution in [3.8, 4) is 11.6 Å². The number of nitrogens with zero attached hydrogens (tertiary/aromatic N) is 1. The van der Waals surface area contributed by atoms with E-state index in [1.54, 1.807) is 0 Å². The highest BCUT2D eigenvalue weighted by Gasteiger charge is 2.19. The van der Waals surface area contributed by atoms with Crippen LogP contribution in [0.2, 0.25) is 15.1 Å². The van der Waals surface area contributed by atoms with Gasteiger partial charge in [-0.1, -0.05) is 40.9 Å². The number of ether oxygens (including phenoxy) is 1. The first-order valence-corrected chi connectivity index (χ1v) is 10.4. The molecule has 11 heteroatoms. The van der Waals surface area contributed by atoms with Crippen molar-refractivity contribution in [3.05, 3.63) is 75.4 Å². The SMILES string of the molecule is O=C(O)c1cccc(Oc2ncc(Cl)cc2NS(=O)(=O)c2ccc(Cl)c(Cl)c2)c1. The van der Waals surface area contributed by atoms with Crippen LogP contribution in [0, 0.1) is 0 Å². The zero-order valence-electron chi connectivity index (χ0n) is 14.3. The number of rotatable bonds is 6. The van der Waals surface area contributed by atoms with Gasteiger partial charge in [0.2, 0.25) is 5.88 Å². The third-order valence-corrected chi connectivity index (χ3v) is 5.87. The minimum atomic E-state index is -4.07.